The lowest BCUT2D eigenvalue weighted by atomic mass is 10.2. The van der Waals surface area contributed by atoms with Gasteiger partial charge >= 0.3 is 19.5 Å². The first-order chi connectivity index (χ1) is 20.5. The summed E-state index contributed by atoms with van der Waals surface area (Å²) in [6, 6.07) is -1.50. The smallest absolute Gasteiger partial charge is 0.389 e. The monoisotopic (exact) mass is 632 g/mol. The van der Waals surface area contributed by atoms with E-state index in [1.54, 1.807) is 6.92 Å². The van der Waals surface area contributed by atoms with Crippen molar-refractivity contribution in [3.8, 4) is 0 Å². The van der Waals surface area contributed by atoms with Crippen LogP contribution in [0.3, 0.4) is 0 Å². The van der Waals surface area contributed by atoms with Gasteiger partial charge in [0.25, 0.3) is 6.03 Å². The maximum atomic E-state index is 14.7. The van der Waals surface area contributed by atoms with Crippen molar-refractivity contribution in [3.63, 3.8) is 0 Å². The Bertz CT molecular complexity index is 829. The van der Waals surface area contributed by atoms with E-state index < -0.39 is 38.1 Å². The van der Waals surface area contributed by atoms with Gasteiger partial charge in [-0.25, -0.2) is 9.59 Å². The van der Waals surface area contributed by atoms with Crippen LogP contribution in [0.1, 0.15) is 144 Å². The van der Waals surface area contributed by atoms with Crippen molar-refractivity contribution in [1.29, 1.82) is 0 Å². The van der Waals surface area contributed by atoms with Crippen LogP contribution in [0, 0.1) is 0 Å². The predicted molar refractivity (Wildman–Crippen MR) is 171 cm³/mol. The number of rotatable bonds is 29. The Hall–Kier alpha value is -1.51. The first-order valence-corrected chi connectivity index (χ1v) is 18.1. The Labute approximate surface area is 262 Å². The summed E-state index contributed by atoms with van der Waals surface area (Å²) in [6.07, 6.45) is 10.8. The van der Waals surface area contributed by atoms with E-state index in [0.717, 1.165) is 64.2 Å². The molecule has 0 aromatic rings. The molecule has 0 bridgehead atoms. The van der Waals surface area contributed by atoms with E-state index in [-0.39, 0.29) is 24.4 Å². The van der Waals surface area contributed by atoms with Crippen LogP contribution in [0.2, 0.25) is 0 Å². The number of unbranched alkanes of at least 4 members (excludes halogenated alkanes) is 10. The molecule has 0 aliphatic rings. The number of ether oxygens (including phenoxy) is 4. The summed E-state index contributed by atoms with van der Waals surface area (Å²) in [6.45, 7) is 19.1. The Morgan fingerprint density at radius 1 is 0.628 bits per heavy atom. The summed E-state index contributed by atoms with van der Waals surface area (Å²) >= 11 is 0. The minimum atomic E-state index is -4.25. The second kappa shape index (κ2) is 25.8. The molecule has 0 rings (SSSR count). The van der Waals surface area contributed by atoms with Gasteiger partial charge in [0.2, 0.25) is 12.6 Å². The summed E-state index contributed by atoms with van der Waals surface area (Å²) in [5.41, 5.74) is 0.414. The van der Waals surface area contributed by atoms with Crippen molar-refractivity contribution in [2.24, 2.45) is 0 Å². The fraction of sp³-hybridized carbons (Fsp3) is 0.818. The van der Waals surface area contributed by atoms with E-state index in [9.17, 15) is 14.2 Å². The zero-order chi connectivity index (χ0) is 32.5. The lowest BCUT2D eigenvalue weighted by molar-refractivity contribution is -0.224. The fourth-order valence-corrected chi connectivity index (χ4v) is 5.64. The molecule has 0 saturated heterocycles. The van der Waals surface area contributed by atoms with Crippen molar-refractivity contribution >= 4 is 19.5 Å². The lowest BCUT2D eigenvalue weighted by Gasteiger charge is -2.32. The van der Waals surface area contributed by atoms with Crippen LogP contribution in [-0.2, 0) is 42.1 Å². The van der Waals surface area contributed by atoms with Gasteiger partial charge in [-0.3, -0.25) is 9.09 Å². The summed E-state index contributed by atoms with van der Waals surface area (Å²) in [4.78, 5) is 25.0. The minimum absolute atomic E-state index is 0.137. The number of hydrogen-bond acceptors (Lipinski definition) is 9. The van der Waals surface area contributed by atoms with Crippen LogP contribution in [-0.4, -0.2) is 43.8 Å². The molecule has 0 saturated carbocycles. The molecule has 0 aromatic carbocycles. The average molecular weight is 633 g/mol. The van der Waals surface area contributed by atoms with E-state index in [2.05, 4.69) is 40.9 Å². The van der Waals surface area contributed by atoms with Gasteiger partial charge in [0, 0.05) is 24.0 Å². The molecule has 9 nitrogen and oxygen atoms in total. The molecule has 0 spiro atoms. The van der Waals surface area contributed by atoms with Gasteiger partial charge in [-0.2, -0.15) is 0 Å². The summed E-state index contributed by atoms with van der Waals surface area (Å²) in [7, 11) is -4.25. The zero-order valence-electron chi connectivity index (χ0n) is 28.0. The molecule has 43 heavy (non-hydrogen) atoms. The molecule has 0 aromatic heterocycles. The van der Waals surface area contributed by atoms with Gasteiger partial charge in [0.1, 0.15) is 0 Å². The van der Waals surface area contributed by atoms with Crippen LogP contribution in [0.4, 0.5) is 0 Å². The number of hydrogen-bond donors (Lipinski definition) is 0. The number of carbonyl (C=O) groups excluding carboxylic acids is 2. The molecule has 0 amide bonds. The van der Waals surface area contributed by atoms with E-state index >= 15 is 0 Å². The average Bonchev–Trinajstić information content (AvgIpc) is 2.96. The molecule has 4 unspecified atom stereocenters. The van der Waals surface area contributed by atoms with Gasteiger partial charge in [0.05, 0.1) is 13.2 Å². The second-order valence-electron chi connectivity index (χ2n) is 11.1. The molecule has 0 fully saturated rings. The van der Waals surface area contributed by atoms with Gasteiger partial charge in [-0.15, -0.1) is 0 Å². The Kier molecular flexibility index (Phi) is 24.9. The molecular weight excluding hydrogens is 571 g/mol. The molecule has 0 radical (unpaired) electrons. The predicted octanol–water partition coefficient (Wildman–Crippen LogP) is 9.74. The Morgan fingerprint density at radius 2 is 1.07 bits per heavy atom. The third-order valence-electron chi connectivity index (χ3n) is 6.58. The molecule has 0 aliphatic heterocycles. The van der Waals surface area contributed by atoms with Gasteiger partial charge in [0.15, 0.2) is 0 Å². The first-order valence-electron chi connectivity index (χ1n) is 16.5. The topological polar surface area (TPSA) is 107 Å². The summed E-state index contributed by atoms with van der Waals surface area (Å²) in [5, 5.41) is 0. The third-order valence-corrected chi connectivity index (χ3v) is 8.44. The lowest BCUT2D eigenvalue weighted by Crippen LogP contribution is -2.32. The van der Waals surface area contributed by atoms with Crippen LogP contribution < -0.4 is 0 Å². The SMILES string of the molecule is C=C(C)C(=O)OC(CCCCC)OC(OCCCCCC)P(=O)(OCCCCCC)OC(CCCCC)OC(=O)C(=C)C. The quantitative estimate of drug-likeness (QED) is 0.0262. The van der Waals surface area contributed by atoms with Gasteiger partial charge in [-0.1, -0.05) is 105 Å². The Balaban J connectivity index is 6.36. The molecule has 0 N–H and O–H groups in total. The van der Waals surface area contributed by atoms with Crippen LogP contribution in [0.25, 0.3) is 0 Å². The van der Waals surface area contributed by atoms with Crippen molar-refractivity contribution in [3.05, 3.63) is 24.3 Å². The van der Waals surface area contributed by atoms with E-state index in [4.69, 9.17) is 28.0 Å². The standard InChI is InChI=1S/C33H61O9P/c1-9-13-17-21-25-37-33(41-29(23-19-15-11-3)39-31(34)27(5)6)43(36,38-26-22-18-14-10-2)42-30(24-20-16-12-4)40-32(35)28(7)8/h29-30,33H,5,7,9-26H2,1-4,6,8H3. The summed E-state index contributed by atoms with van der Waals surface area (Å²) < 4.78 is 50.2. The fourth-order valence-electron chi connectivity index (χ4n) is 3.92. The van der Waals surface area contributed by atoms with E-state index in [1.807, 2.05) is 0 Å². The maximum Gasteiger partial charge on any atom is 0.389 e. The van der Waals surface area contributed by atoms with Crippen molar-refractivity contribution in [2.75, 3.05) is 13.2 Å². The third kappa shape index (κ3) is 20.2. The molecule has 0 aliphatic carbocycles. The van der Waals surface area contributed by atoms with Crippen molar-refractivity contribution in [2.45, 2.75) is 163 Å². The van der Waals surface area contributed by atoms with Crippen LogP contribution in [0.15, 0.2) is 24.3 Å². The first kappa shape index (κ1) is 41.5. The van der Waals surface area contributed by atoms with Crippen LogP contribution in [0.5, 0.6) is 0 Å². The number of esters is 2. The van der Waals surface area contributed by atoms with Crippen molar-refractivity contribution in [1.82, 2.24) is 0 Å². The Morgan fingerprint density at radius 3 is 1.56 bits per heavy atom. The minimum Gasteiger partial charge on any atom is -0.432 e. The molecular formula is C33H61O9P. The molecule has 10 heteroatoms. The number of carbonyl (C=O) groups is 2. The highest BCUT2D eigenvalue weighted by molar-refractivity contribution is 7.54. The maximum absolute atomic E-state index is 14.7. The highest BCUT2D eigenvalue weighted by Gasteiger charge is 2.43. The van der Waals surface area contributed by atoms with Gasteiger partial charge < -0.3 is 23.5 Å². The molecule has 4 atom stereocenters. The van der Waals surface area contributed by atoms with E-state index in [0.29, 0.717) is 38.5 Å². The largest absolute Gasteiger partial charge is 0.432 e. The highest BCUT2D eigenvalue weighted by Crippen LogP contribution is 2.56. The van der Waals surface area contributed by atoms with E-state index in [1.165, 1.54) is 6.92 Å². The highest BCUT2D eigenvalue weighted by atomic mass is 31.2. The van der Waals surface area contributed by atoms with Gasteiger partial charge in [-0.05, 0) is 39.5 Å². The second-order valence-corrected chi connectivity index (χ2v) is 13.1. The normalized spacial score (nSPS) is 14.8. The van der Waals surface area contributed by atoms with Crippen molar-refractivity contribution < 1.29 is 42.1 Å². The zero-order valence-corrected chi connectivity index (χ0v) is 28.9. The van der Waals surface area contributed by atoms with Crippen LogP contribution >= 0.6 is 7.60 Å². The molecule has 252 valence electrons. The molecule has 0 heterocycles. The summed E-state index contributed by atoms with van der Waals surface area (Å²) in [5.74, 6) is -1.27.